The summed E-state index contributed by atoms with van der Waals surface area (Å²) in [5.41, 5.74) is 0. The van der Waals surface area contributed by atoms with Gasteiger partial charge in [0.05, 0.1) is 13.5 Å². The van der Waals surface area contributed by atoms with E-state index in [9.17, 15) is 13.8 Å². The zero-order chi connectivity index (χ0) is 14.3. The summed E-state index contributed by atoms with van der Waals surface area (Å²) in [7, 11) is -0.101. The first-order valence-corrected chi connectivity index (χ1v) is 7.31. The maximum atomic E-state index is 12.0. The highest BCUT2D eigenvalue weighted by atomic mass is 32.2. The maximum Gasteiger partial charge on any atom is 0.306 e. The molecule has 0 fully saturated rings. The Morgan fingerprint density at radius 1 is 1.22 bits per heavy atom. The van der Waals surface area contributed by atoms with Gasteiger partial charge in [0.15, 0.2) is 0 Å². The highest BCUT2D eigenvalue weighted by Gasteiger charge is 2.26. The van der Waals surface area contributed by atoms with Crippen LogP contribution in [0.2, 0.25) is 0 Å². The standard InChI is InChI=1S/C12H23NO4S/c1-8(2)7-13-12(15)10(4)18(16)9(3)6-11(14)17-5/h8-10H,6-7H2,1-5H3,(H,13,15). The SMILES string of the molecule is COC(=O)CC(C)S(=O)C(C)C(=O)NCC(C)C. The van der Waals surface area contributed by atoms with Crippen LogP contribution in [0.4, 0.5) is 0 Å². The van der Waals surface area contributed by atoms with E-state index < -0.39 is 27.3 Å². The highest BCUT2D eigenvalue weighted by Crippen LogP contribution is 2.09. The van der Waals surface area contributed by atoms with Crippen molar-refractivity contribution < 1.29 is 18.5 Å². The summed E-state index contributed by atoms with van der Waals surface area (Å²) in [6.07, 6.45) is 0.0604. The molecule has 0 heterocycles. The lowest BCUT2D eigenvalue weighted by Crippen LogP contribution is -2.40. The summed E-state index contributed by atoms with van der Waals surface area (Å²) < 4.78 is 16.5. The first kappa shape index (κ1) is 17.1. The molecule has 3 unspecified atom stereocenters. The zero-order valence-corrected chi connectivity index (χ0v) is 12.5. The number of hydrogen-bond donors (Lipinski definition) is 1. The molecule has 0 rings (SSSR count). The zero-order valence-electron chi connectivity index (χ0n) is 11.7. The van der Waals surface area contributed by atoms with Gasteiger partial charge in [0, 0.05) is 22.6 Å². The molecular weight excluding hydrogens is 254 g/mol. The van der Waals surface area contributed by atoms with E-state index in [0.717, 1.165) is 0 Å². The minimum Gasteiger partial charge on any atom is -0.469 e. The van der Waals surface area contributed by atoms with Crippen molar-refractivity contribution in [1.29, 1.82) is 0 Å². The first-order valence-electron chi connectivity index (χ1n) is 6.03. The molecule has 1 N–H and O–H groups in total. The molecule has 6 heteroatoms. The van der Waals surface area contributed by atoms with Crippen LogP contribution >= 0.6 is 0 Å². The van der Waals surface area contributed by atoms with Crippen LogP contribution in [0.1, 0.15) is 34.1 Å². The predicted molar refractivity (Wildman–Crippen MR) is 71.5 cm³/mol. The lowest BCUT2D eigenvalue weighted by molar-refractivity contribution is -0.140. The second-order valence-electron chi connectivity index (χ2n) is 4.70. The second kappa shape index (κ2) is 8.24. The van der Waals surface area contributed by atoms with Gasteiger partial charge in [0.1, 0.15) is 5.25 Å². The number of carbonyl (C=O) groups is 2. The van der Waals surface area contributed by atoms with E-state index >= 15 is 0 Å². The lowest BCUT2D eigenvalue weighted by Gasteiger charge is -2.17. The molecule has 0 radical (unpaired) electrons. The van der Waals surface area contributed by atoms with Gasteiger partial charge in [-0.1, -0.05) is 20.8 Å². The van der Waals surface area contributed by atoms with Gasteiger partial charge in [-0.3, -0.25) is 13.8 Å². The van der Waals surface area contributed by atoms with Crippen LogP contribution in [0.15, 0.2) is 0 Å². The fourth-order valence-corrected chi connectivity index (χ4v) is 2.59. The molecule has 3 atom stereocenters. The minimum atomic E-state index is -1.39. The van der Waals surface area contributed by atoms with Crippen molar-refractivity contribution in [3.8, 4) is 0 Å². The number of nitrogens with one attached hydrogen (secondary N) is 1. The molecule has 0 bridgehead atoms. The maximum absolute atomic E-state index is 12.0. The average molecular weight is 277 g/mol. The normalized spacial score (nSPS) is 15.9. The van der Waals surface area contributed by atoms with Crippen LogP contribution in [-0.2, 0) is 25.1 Å². The van der Waals surface area contributed by atoms with Crippen molar-refractivity contribution in [3.05, 3.63) is 0 Å². The van der Waals surface area contributed by atoms with Crippen molar-refractivity contribution in [2.45, 2.75) is 44.6 Å². The Morgan fingerprint density at radius 2 is 1.78 bits per heavy atom. The fraction of sp³-hybridized carbons (Fsp3) is 0.833. The van der Waals surface area contributed by atoms with Crippen molar-refractivity contribution >= 4 is 22.7 Å². The third-order valence-corrected chi connectivity index (χ3v) is 4.35. The Labute approximate surface area is 111 Å². The van der Waals surface area contributed by atoms with Crippen LogP contribution in [-0.4, -0.2) is 40.2 Å². The minimum absolute atomic E-state index is 0.0604. The molecular formula is C12H23NO4S. The largest absolute Gasteiger partial charge is 0.469 e. The molecule has 0 saturated heterocycles. The van der Waals surface area contributed by atoms with Gasteiger partial charge in [-0.2, -0.15) is 0 Å². The summed E-state index contributed by atoms with van der Waals surface area (Å²) in [4.78, 5) is 22.8. The average Bonchev–Trinajstić information content (AvgIpc) is 2.33. The van der Waals surface area contributed by atoms with Crippen molar-refractivity contribution in [3.63, 3.8) is 0 Å². The molecule has 18 heavy (non-hydrogen) atoms. The van der Waals surface area contributed by atoms with Gasteiger partial charge >= 0.3 is 5.97 Å². The number of hydrogen-bond acceptors (Lipinski definition) is 4. The summed E-state index contributed by atoms with van der Waals surface area (Å²) in [5.74, 6) is -0.300. The predicted octanol–water partition coefficient (Wildman–Crippen LogP) is 0.847. The van der Waals surface area contributed by atoms with E-state index in [2.05, 4.69) is 10.1 Å². The van der Waals surface area contributed by atoms with Gasteiger partial charge in [0.2, 0.25) is 5.91 Å². The first-order chi connectivity index (χ1) is 8.29. The summed E-state index contributed by atoms with van der Waals surface area (Å²) in [6, 6.07) is 0. The highest BCUT2D eigenvalue weighted by molar-refractivity contribution is 7.87. The summed E-state index contributed by atoms with van der Waals surface area (Å²) >= 11 is 0. The van der Waals surface area contributed by atoms with Gasteiger partial charge in [-0.15, -0.1) is 0 Å². The Kier molecular flexibility index (Phi) is 7.82. The Bertz CT molecular complexity index is 317. The van der Waals surface area contributed by atoms with Crippen LogP contribution in [0.3, 0.4) is 0 Å². The number of amides is 1. The van der Waals surface area contributed by atoms with Crippen LogP contribution in [0, 0.1) is 5.92 Å². The molecule has 0 aromatic carbocycles. The third kappa shape index (κ3) is 6.14. The summed E-state index contributed by atoms with van der Waals surface area (Å²) in [5, 5.41) is 1.72. The van der Waals surface area contributed by atoms with Gasteiger partial charge < -0.3 is 10.1 Å². The Balaban J connectivity index is 4.31. The molecule has 0 aliphatic heterocycles. The molecule has 5 nitrogen and oxygen atoms in total. The summed E-state index contributed by atoms with van der Waals surface area (Å²) in [6.45, 7) is 7.83. The molecule has 0 spiro atoms. The molecule has 0 aliphatic carbocycles. The van der Waals surface area contributed by atoms with E-state index in [1.165, 1.54) is 7.11 Å². The van der Waals surface area contributed by atoms with Crippen molar-refractivity contribution in [2.24, 2.45) is 5.92 Å². The fourth-order valence-electron chi connectivity index (χ4n) is 1.30. The van der Waals surface area contributed by atoms with E-state index in [-0.39, 0.29) is 12.3 Å². The van der Waals surface area contributed by atoms with Gasteiger partial charge in [-0.25, -0.2) is 0 Å². The quantitative estimate of drug-likeness (QED) is 0.700. The van der Waals surface area contributed by atoms with Crippen LogP contribution in [0.5, 0.6) is 0 Å². The van der Waals surface area contributed by atoms with Crippen molar-refractivity contribution in [1.82, 2.24) is 5.32 Å². The van der Waals surface area contributed by atoms with Crippen LogP contribution < -0.4 is 5.32 Å². The topological polar surface area (TPSA) is 72.5 Å². The molecule has 0 aliphatic rings. The second-order valence-corrected chi connectivity index (χ2v) is 6.87. The monoisotopic (exact) mass is 277 g/mol. The Morgan fingerprint density at radius 3 is 2.22 bits per heavy atom. The van der Waals surface area contributed by atoms with Crippen LogP contribution in [0.25, 0.3) is 0 Å². The number of carbonyl (C=O) groups excluding carboxylic acids is 2. The number of ether oxygens (including phenoxy) is 1. The van der Waals surface area contributed by atoms with Gasteiger partial charge in [-0.05, 0) is 12.8 Å². The smallest absolute Gasteiger partial charge is 0.306 e. The molecule has 1 amide bonds. The third-order valence-electron chi connectivity index (χ3n) is 2.48. The number of esters is 1. The van der Waals surface area contributed by atoms with E-state index in [0.29, 0.717) is 12.5 Å². The van der Waals surface area contributed by atoms with Crippen molar-refractivity contribution in [2.75, 3.05) is 13.7 Å². The molecule has 0 saturated carbocycles. The number of methoxy groups -OCH3 is 1. The number of rotatable bonds is 7. The molecule has 0 aromatic heterocycles. The van der Waals surface area contributed by atoms with Gasteiger partial charge in [0.25, 0.3) is 0 Å². The van der Waals surface area contributed by atoms with E-state index in [1.54, 1.807) is 13.8 Å². The van der Waals surface area contributed by atoms with E-state index in [1.807, 2.05) is 13.8 Å². The lowest BCUT2D eigenvalue weighted by atomic mass is 10.2. The Hall–Kier alpha value is -0.910. The van der Waals surface area contributed by atoms with E-state index in [4.69, 9.17) is 0 Å². The molecule has 0 aromatic rings. The molecule has 106 valence electrons.